The van der Waals surface area contributed by atoms with Gasteiger partial charge in [-0.05, 0) is 35.1 Å². The van der Waals surface area contributed by atoms with Crippen LogP contribution in [0.25, 0.3) is 15.9 Å². The van der Waals surface area contributed by atoms with Crippen LogP contribution in [0.15, 0.2) is 45.6 Å². The second-order valence-corrected chi connectivity index (χ2v) is 10.3. The number of benzene rings is 1. The van der Waals surface area contributed by atoms with E-state index in [1.165, 1.54) is 4.52 Å². The highest BCUT2D eigenvalue weighted by molar-refractivity contribution is 7.91. The average molecular weight is 444 g/mol. The number of morpholine rings is 1. The molecule has 30 heavy (non-hydrogen) atoms. The first-order chi connectivity index (χ1) is 14.5. The van der Waals surface area contributed by atoms with Crippen LogP contribution >= 0.6 is 11.3 Å². The summed E-state index contributed by atoms with van der Waals surface area (Å²) in [4.78, 5) is 7.05. The molecular formula is C20H21N5O3S2. The van der Waals surface area contributed by atoms with E-state index in [1.54, 1.807) is 23.5 Å². The number of sulfone groups is 1. The van der Waals surface area contributed by atoms with Gasteiger partial charge in [0.05, 0.1) is 28.3 Å². The normalized spacial score (nSPS) is 15.5. The van der Waals surface area contributed by atoms with Crippen molar-refractivity contribution >= 4 is 42.9 Å². The van der Waals surface area contributed by atoms with Crippen LogP contribution < -0.4 is 4.90 Å². The zero-order chi connectivity index (χ0) is 20.9. The van der Waals surface area contributed by atoms with Crippen molar-refractivity contribution < 1.29 is 13.2 Å². The van der Waals surface area contributed by atoms with Gasteiger partial charge in [0, 0.05) is 13.1 Å². The Balaban J connectivity index is 1.68. The first-order valence-corrected chi connectivity index (χ1v) is 12.1. The first kappa shape index (κ1) is 19.4. The number of rotatable bonds is 4. The Labute approximate surface area is 178 Å². The van der Waals surface area contributed by atoms with E-state index in [4.69, 9.17) is 9.72 Å². The van der Waals surface area contributed by atoms with Gasteiger partial charge in [-0.1, -0.05) is 31.2 Å². The van der Waals surface area contributed by atoms with Gasteiger partial charge in [0.2, 0.25) is 14.9 Å². The van der Waals surface area contributed by atoms with Crippen molar-refractivity contribution in [2.75, 3.05) is 31.2 Å². The third kappa shape index (κ3) is 3.06. The zero-order valence-electron chi connectivity index (χ0n) is 16.6. The van der Waals surface area contributed by atoms with E-state index >= 15 is 0 Å². The molecule has 4 aromatic rings. The molecule has 1 fully saturated rings. The number of thiophene rings is 1. The standard InChI is InChI=1S/C20H21N5O3S2/c1-13(2)14-3-5-15(6-4-14)30(26,27)20-19-21-18(24-8-10-28-11-9-24)17-16(7-12-29-17)25(19)23-22-20/h3-7,12-13H,8-11H2,1-2H3. The summed E-state index contributed by atoms with van der Waals surface area (Å²) in [5, 5.41) is 10.0. The summed E-state index contributed by atoms with van der Waals surface area (Å²) in [5.74, 6) is 1.08. The molecule has 0 amide bonds. The Morgan fingerprint density at radius 2 is 1.83 bits per heavy atom. The topological polar surface area (TPSA) is 89.7 Å². The summed E-state index contributed by atoms with van der Waals surface area (Å²) in [6, 6.07) is 8.85. The van der Waals surface area contributed by atoms with Gasteiger partial charge in [-0.2, -0.15) is 4.52 Å². The molecule has 0 radical (unpaired) electrons. The molecule has 0 atom stereocenters. The molecule has 0 spiro atoms. The summed E-state index contributed by atoms with van der Waals surface area (Å²) >= 11 is 1.56. The Hall–Kier alpha value is -2.56. The Morgan fingerprint density at radius 3 is 2.53 bits per heavy atom. The number of nitrogens with zero attached hydrogens (tertiary/aromatic N) is 5. The molecule has 0 N–H and O–H groups in total. The maximum absolute atomic E-state index is 13.4. The van der Waals surface area contributed by atoms with E-state index in [0.717, 1.165) is 21.6 Å². The zero-order valence-corrected chi connectivity index (χ0v) is 18.3. The number of fused-ring (bicyclic) bond motifs is 3. The fourth-order valence-electron chi connectivity index (χ4n) is 3.62. The third-order valence-electron chi connectivity index (χ3n) is 5.33. The van der Waals surface area contributed by atoms with Crippen molar-refractivity contribution in [3.63, 3.8) is 0 Å². The number of anilines is 1. The van der Waals surface area contributed by atoms with E-state index in [9.17, 15) is 8.42 Å². The molecule has 4 heterocycles. The van der Waals surface area contributed by atoms with Gasteiger partial charge in [-0.25, -0.2) is 13.4 Å². The van der Waals surface area contributed by atoms with Crippen LogP contribution in [0.3, 0.4) is 0 Å². The molecule has 3 aromatic heterocycles. The third-order valence-corrected chi connectivity index (χ3v) is 7.89. The molecule has 1 aliphatic rings. The first-order valence-electron chi connectivity index (χ1n) is 9.77. The molecule has 1 aromatic carbocycles. The van der Waals surface area contributed by atoms with Crippen LogP contribution in [-0.2, 0) is 14.6 Å². The lowest BCUT2D eigenvalue weighted by molar-refractivity contribution is 0.122. The monoisotopic (exact) mass is 443 g/mol. The number of hydrogen-bond donors (Lipinski definition) is 0. The lowest BCUT2D eigenvalue weighted by atomic mass is 10.0. The van der Waals surface area contributed by atoms with E-state index in [2.05, 4.69) is 29.1 Å². The molecule has 1 aliphatic heterocycles. The van der Waals surface area contributed by atoms with Crippen molar-refractivity contribution in [3.8, 4) is 0 Å². The fourth-order valence-corrected chi connectivity index (χ4v) is 5.74. The number of hydrogen-bond acceptors (Lipinski definition) is 8. The quantitative estimate of drug-likeness (QED) is 0.479. The van der Waals surface area contributed by atoms with Gasteiger partial charge in [0.15, 0.2) is 11.5 Å². The fraction of sp³-hybridized carbons (Fsp3) is 0.350. The molecule has 1 saturated heterocycles. The largest absolute Gasteiger partial charge is 0.378 e. The van der Waals surface area contributed by atoms with E-state index in [0.29, 0.717) is 32.2 Å². The maximum atomic E-state index is 13.4. The molecule has 156 valence electrons. The average Bonchev–Trinajstić information content (AvgIpc) is 3.41. The highest BCUT2D eigenvalue weighted by Gasteiger charge is 2.28. The van der Waals surface area contributed by atoms with Crippen LogP contribution in [-0.4, -0.2) is 54.5 Å². The van der Waals surface area contributed by atoms with Crippen LogP contribution in [0.4, 0.5) is 5.82 Å². The second-order valence-electron chi connectivity index (χ2n) is 7.53. The Morgan fingerprint density at radius 1 is 1.10 bits per heavy atom. The molecular weight excluding hydrogens is 422 g/mol. The summed E-state index contributed by atoms with van der Waals surface area (Å²) in [7, 11) is -3.86. The smallest absolute Gasteiger partial charge is 0.229 e. The summed E-state index contributed by atoms with van der Waals surface area (Å²) in [5.41, 5.74) is 2.13. The molecule has 0 unspecified atom stereocenters. The van der Waals surface area contributed by atoms with Gasteiger partial charge in [0.1, 0.15) is 0 Å². The van der Waals surface area contributed by atoms with E-state index in [1.807, 2.05) is 23.6 Å². The van der Waals surface area contributed by atoms with Gasteiger partial charge in [-0.15, -0.1) is 16.4 Å². The Bertz CT molecular complexity index is 1320. The van der Waals surface area contributed by atoms with Crippen LogP contribution in [0.5, 0.6) is 0 Å². The van der Waals surface area contributed by atoms with Crippen molar-refractivity contribution in [1.82, 2.24) is 19.8 Å². The molecule has 0 aliphatic carbocycles. The van der Waals surface area contributed by atoms with Crippen molar-refractivity contribution in [1.29, 1.82) is 0 Å². The molecule has 0 saturated carbocycles. The minimum atomic E-state index is -3.86. The van der Waals surface area contributed by atoms with Crippen LogP contribution in [0, 0.1) is 0 Å². The maximum Gasteiger partial charge on any atom is 0.229 e. The summed E-state index contributed by atoms with van der Waals surface area (Å²) < 4.78 is 34.7. The van der Waals surface area contributed by atoms with E-state index < -0.39 is 9.84 Å². The van der Waals surface area contributed by atoms with Gasteiger partial charge in [0.25, 0.3) is 0 Å². The summed E-state index contributed by atoms with van der Waals surface area (Å²) in [6.45, 7) is 6.78. The predicted molar refractivity (Wildman–Crippen MR) is 115 cm³/mol. The van der Waals surface area contributed by atoms with Crippen LogP contribution in [0.1, 0.15) is 25.3 Å². The van der Waals surface area contributed by atoms with Crippen LogP contribution in [0.2, 0.25) is 0 Å². The molecule has 8 nitrogen and oxygen atoms in total. The molecule has 0 bridgehead atoms. The highest BCUT2D eigenvalue weighted by Crippen LogP contribution is 2.33. The highest BCUT2D eigenvalue weighted by atomic mass is 32.2. The SMILES string of the molecule is CC(C)c1ccc(S(=O)(=O)c2nnn3c2nc(N2CCOCC2)c2sccc23)cc1. The minimum absolute atomic E-state index is 0.123. The number of aromatic nitrogens is 4. The minimum Gasteiger partial charge on any atom is -0.378 e. The van der Waals surface area contributed by atoms with Gasteiger partial charge in [-0.3, -0.25) is 0 Å². The molecule has 5 rings (SSSR count). The second kappa shape index (κ2) is 7.29. The predicted octanol–water partition coefficient (Wildman–Crippen LogP) is 3.13. The van der Waals surface area contributed by atoms with Gasteiger partial charge < -0.3 is 9.64 Å². The van der Waals surface area contributed by atoms with E-state index in [-0.39, 0.29) is 15.6 Å². The number of ether oxygens (including phenoxy) is 1. The van der Waals surface area contributed by atoms with Gasteiger partial charge >= 0.3 is 0 Å². The lowest BCUT2D eigenvalue weighted by Gasteiger charge is -2.28. The Kier molecular flexibility index (Phi) is 4.72. The van der Waals surface area contributed by atoms with Crippen molar-refractivity contribution in [2.45, 2.75) is 29.7 Å². The van der Waals surface area contributed by atoms with Crippen molar-refractivity contribution in [2.24, 2.45) is 0 Å². The lowest BCUT2D eigenvalue weighted by Crippen LogP contribution is -2.36. The van der Waals surface area contributed by atoms with Crippen molar-refractivity contribution in [3.05, 3.63) is 41.3 Å². The molecule has 10 heteroatoms. The summed E-state index contributed by atoms with van der Waals surface area (Å²) in [6.07, 6.45) is 0.